The molecule has 0 aliphatic rings. The zero-order valence-electron chi connectivity index (χ0n) is 16.9. The van der Waals surface area contributed by atoms with Crippen LogP contribution in [-0.2, 0) is 9.53 Å². The van der Waals surface area contributed by atoms with E-state index in [4.69, 9.17) is 23.7 Å². The molecule has 0 saturated heterocycles. The second kappa shape index (κ2) is 10.8. The van der Waals surface area contributed by atoms with Crippen LogP contribution in [0, 0.1) is 0 Å². The fourth-order valence-electron chi connectivity index (χ4n) is 2.50. The molecule has 0 spiro atoms. The lowest BCUT2D eigenvalue weighted by Gasteiger charge is -2.14. The molecule has 29 heavy (non-hydrogen) atoms. The highest BCUT2D eigenvalue weighted by atomic mass is 16.5. The van der Waals surface area contributed by atoms with Crippen molar-refractivity contribution in [3.05, 3.63) is 42.0 Å². The zero-order valence-corrected chi connectivity index (χ0v) is 16.9. The van der Waals surface area contributed by atoms with E-state index in [1.54, 1.807) is 24.3 Å². The molecule has 2 aromatic rings. The first-order valence-electron chi connectivity index (χ1n) is 9.11. The van der Waals surface area contributed by atoms with Crippen molar-refractivity contribution in [2.24, 2.45) is 0 Å². The van der Waals surface area contributed by atoms with E-state index in [9.17, 15) is 9.59 Å². The highest BCUT2D eigenvalue weighted by Gasteiger charge is 2.16. The molecule has 0 radical (unpaired) electrons. The lowest BCUT2D eigenvalue weighted by atomic mass is 10.2. The van der Waals surface area contributed by atoms with E-state index in [0.29, 0.717) is 36.1 Å². The molecule has 2 aromatic carbocycles. The van der Waals surface area contributed by atoms with Gasteiger partial charge in [0.1, 0.15) is 17.1 Å². The minimum absolute atomic E-state index is 0.188. The van der Waals surface area contributed by atoms with Gasteiger partial charge in [-0.2, -0.15) is 0 Å². The van der Waals surface area contributed by atoms with Crippen molar-refractivity contribution in [3.8, 4) is 23.0 Å². The predicted molar refractivity (Wildman–Crippen MR) is 107 cm³/mol. The van der Waals surface area contributed by atoms with Crippen molar-refractivity contribution < 1.29 is 33.3 Å². The predicted octanol–water partition coefficient (Wildman–Crippen LogP) is 3.30. The average molecular weight is 403 g/mol. The summed E-state index contributed by atoms with van der Waals surface area (Å²) in [6.07, 6.45) is 0. The fraction of sp³-hybridized carbons (Fsp3) is 0.333. The molecule has 0 bridgehead atoms. The summed E-state index contributed by atoms with van der Waals surface area (Å²) in [6, 6.07) is 9.74. The van der Waals surface area contributed by atoms with E-state index < -0.39 is 11.9 Å². The minimum Gasteiger partial charge on any atom is -0.497 e. The van der Waals surface area contributed by atoms with E-state index >= 15 is 0 Å². The Kier molecular flexibility index (Phi) is 8.14. The molecule has 0 aromatic heterocycles. The molecular weight excluding hydrogens is 378 g/mol. The number of benzene rings is 2. The molecule has 1 N–H and O–H groups in total. The Morgan fingerprint density at radius 3 is 2.24 bits per heavy atom. The average Bonchev–Trinajstić information content (AvgIpc) is 2.73. The summed E-state index contributed by atoms with van der Waals surface area (Å²) >= 11 is 0. The van der Waals surface area contributed by atoms with Gasteiger partial charge in [-0.3, -0.25) is 4.79 Å². The zero-order chi connectivity index (χ0) is 21.2. The van der Waals surface area contributed by atoms with Gasteiger partial charge in [0.25, 0.3) is 5.91 Å². The standard InChI is InChI=1S/C21H25NO7/c1-5-27-17-10-7-14(11-19(17)28-6-2)22-20(23)13-29-18-12-15(25-3)8-9-16(18)21(24)26-4/h7-12H,5-6,13H2,1-4H3,(H,22,23). The van der Waals surface area contributed by atoms with Crippen molar-refractivity contribution in [2.45, 2.75) is 13.8 Å². The van der Waals surface area contributed by atoms with Crippen molar-refractivity contribution in [3.63, 3.8) is 0 Å². The summed E-state index contributed by atoms with van der Waals surface area (Å²) in [7, 11) is 2.76. The molecule has 1 amide bonds. The monoisotopic (exact) mass is 403 g/mol. The first kappa shape index (κ1) is 21.9. The molecule has 0 aliphatic heterocycles. The molecule has 2 rings (SSSR count). The molecule has 8 nitrogen and oxygen atoms in total. The van der Waals surface area contributed by atoms with E-state index in [2.05, 4.69) is 5.32 Å². The van der Waals surface area contributed by atoms with Crippen LogP contribution in [0.25, 0.3) is 0 Å². The molecule has 0 heterocycles. The summed E-state index contributed by atoms with van der Waals surface area (Å²) in [5, 5.41) is 2.72. The van der Waals surface area contributed by atoms with Gasteiger partial charge in [0.05, 0.1) is 27.4 Å². The number of hydrogen-bond donors (Lipinski definition) is 1. The summed E-state index contributed by atoms with van der Waals surface area (Å²) in [5.41, 5.74) is 0.727. The molecule has 8 heteroatoms. The molecule has 0 atom stereocenters. The number of carbonyl (C=O) groups excluding carboxylic acids is 2. The van der Waals surface area contributed by atoms with Gasteiger partial charge in [0.15, 0.2) is 18.1 Å². The van der Waals surface area contributed by atoms with Gasteiger partial charge < -0.3 is 29.0 Å². The second-order valence-corrected chi connectivity index (χ2v) is 5.72. The Morgan fingerprint density at radius 2 is 1.59 bits per heavy atom. The van der Waals surface area contributed by atoms with Crippen molar-refractivity contribution in [2.75, 3.05) is 39.4 Å². The maximum atomic E-state index is 12.3. The Morgan fingerprint density at radius 1 is 0.862 bits per heavy atom. The summed E-state index contributed by atoms with van der Waals surface area (Å²) in [5.74, 6) is 0.830. The van der Waals surface area contributed by atoms with Crippen molar-refractivity contribution in [1.29, 1.82) is 0 Å². The van der Waals surface area contributed by atoms with Gasteiger partial charge in [0, 0.05) is 17.8 Å². The number of nitrogens with one attached hydrogen (secondary N) is 1. The number of amides is 1. The van der Waals surface area contributed by atoms with Crippen LogP contribution in [0.3, 0.4) is 0 Å². The summed E-state index contributed by atoms with van der Waals surface area (Å²) in [6.45, 7) is 4.40. The highest BCUT2D eigenvalue weighted by molar-refractivity contribution is 5.94. The number of esters is 1. The molecular formula is C21H25NO7. The van der Waals surface area contributed by atoms with Crippen LogP contribution < -0.4 is 24.3 Å². The molecule has 0 aliphatic carbocycles. The van der Waals surface area contributed by atoms with Crippen LogP contribution in [0.4, 0.5) is 5.69 Å². The third-order valence-corrected chi connectivity index (χ3v) is 3.78. The SMILES string of the molecule is CCOc1ccc(NC(=O)COc2cc(OC)ccc2C(=O)OC)cc1OCC. The summed E-state index contributed by atoms with van der Waals surface area (Å²) in [4.78, 5) is 24.2. The van der Waals surface area contributed by atoms with Crippen LogP contribution in [0.5, 0.6) is 23.0 Å². The molecule has 0 unspecified atom stereocenters. The number of ether oxygens (including phenoxy) is 5. The highest BCUT2D eigenvalue weighted by Crippen LogP contribution is 2.31. The van der Waals surface area contributed by atoms with Gasteiger partial charge in [-0.05, 0) is 38.1 Å². The minimum atomic E-state index is -0.573. The van der Waals surface area contributed by atoms with E-state index in [0.717, 1.165) is 0 Å². The van der Waals surface area contributed by atoms with E-state index in [-0.39, 0.29) is 17.9 Å². The first-order valence-corrected chi connectivity index (χ1v) is 9.11. The van der Waals surface area contributed by atoms with Crippen molar-refractivity contribution >= 4 is 17.6 Å². The van der Waals surface area contributed by atoms with Crippen LogP contribution in [-0.4, -0.2) is 45.9 Å². The van der Waals surface area contributed by atoms with E-state index in [1.807, 2.05) is 13.8 Å². The van der Waals surface area contributed by atoms with Gasteiger partial charge >= 0.3 is 5.97 Å². The quantitative estimate of drug-likeness (QED) is 0.609. The van der Waals surface area contributed by atoms with Crippen LogP contribution in [0.2, 0.25) is 0 Å². The third kappa shape index (κ3) is 6.03. The Balaban J connectivity index is 2.08. The third-order valence-electron chi connectivity index (χ3n) is 3.78. The van der Waals surface area contributed by atoms with Crippen LogP contribution in [0.15, 0.2) is 36.4 Å². The van der Waals surface area contributed by atoms with Gasteiger partial charge in [0.2, 0.25) is 0 Å². The Hall–Kier alpha value is -3.42. The normalized spacial score (nSPS) is 10.1. The van der Waals surface area contributed by atoms with Crippen LogP contribution in [0.1, 0.15) is 24.2 Å². The fourth-order valence-corrected chi connectivity index (χ4v) is 2.50. The maximum absolute atomic E-state index is 12.3. The number of hydrogen-bond acceptors (Lipinski definition) is 7. The largest absolute Gasteiger partial charge is 0.497 e. The van der Waals surface area contributed by atoms with Crippen LogP contribution >= 0.6 is 0 Å². The second-order valence-electron chi connectivity index (χ2n) is 5.72. The lowest BCUT2D eigenvalue weighted by molar-refractivity contribution is -0.118. The number of methoxy groups -OCH3 is 2. The lowest BCUT2D eigenvalue weighted by Crippen LogP contribution is -2.21. The molecule has 0 saturated carbocycles. The first-order chi connectivity index (χ1) is 14.0. The number of rotatable bonds is 10. The van der Waals surface area contributed by atoms with Gasteiger partial charge in [-0.15, -0.1) is 0 Å². The smallest absolute Gasteiger partial charge is 0.341 e. The molecule has 156 valence electrons. The number of anilines is 1. The van der Waals surface area contributed by atoms with Gasteiger partial charge in [-0.25, -0.2) is 4.79 Å². The van der Waals surface area contributed by atoms with Crippen molar-refractivity contribution in [1.82, 2.24) is 0 Å². The Labute approximate surface area is 169 Å². The van der Waals surface area contributed by atoms with E-state index in [1.165, 1.54) is 26.4 Å². The Bertz CT molecular complexity index is 851. The van der Waals surface area contributed by atoms with Gasteiger partial charge in [-0.1, -0.05) is 0 Å². The summed E-state index contributed by atoms with van der Waals surface area (Å²) < 4.78 is 26.4. The number of carbonyl (C=O) groups is 2. The maximum Gasteiger partial charge on any atom is 0.341 e. The molecule has 0 fully saturated rings. The topological polar surface area (TPSA) is 92.3 Å².